The van der Waals surface area contributed by atoms with Gasteiger partial charge in [0.1, 0.15) is 29.6 Å². The molecule has 0 N–H and O–H groups in total. The number of carbonyl (C=O) groups excluding carboxylic acids is 15. The summed E-state index contributed by atoms with van der Waals surface area (Å²) in [7, 11) is 0. The van der Waals surface area contributed by atoms with Crippen molar-refractivity contribution < 1.29 is 85.1 Å². The third-order valence-electron chi connectivity index (χ3n) is 28.5. The summed E-state index contributed by atoms with van der Waals surface area (Å²) in [6.07, 6.45) is 15.5. The zero-order chi connectivity index (χ0) is 102. The van der Waals surface area contributed by atoms with Gasteiger partial charge in [0.25, 0.3) is 5.91 Å². The second kappa shape index (κ2) is 48.1. The third-order valence-corrected chi connectivity index (χ3v) is 28.5. The van der Waals surface area contributed by atoms with Crippen LogP contribution >= 0.6 is 0 Å². The lowest BCUT2D eigenvalue weighted by atomic mass is 9.89. The maximum Gasteiger partial charge on any atom is 0.416 e. The number of anilines is 3. The highest BCUT2D eigenvalue weighted by Gasteiger charge is 2.55. The standard InChI is InChI=1S/C26H21F3N2O3.C24H26N2O3.2C23H24N2O3.C22H22N2O3/c1-17-7-9-18(10-8-17)15-22-23(32)30(16-19-11-13-20(14-12-19)26(27,28)29)25(34)31(24(22)33)21-5-3-2-4-6-21;27-22-21(19-12-6-2-7-13-19)23(28)26(20-14-8-3-9-15-20)24(29)25(22)17-16-18-10-4-1-5-11-18;26-21-20(18-12-6-2-7-13-18)22(27)25(19-14-8-3-9-15-19)23(28)24(21)16-17-10-4-1-5-11-17;26-21-20(16-17-10-4-1-5-11-17)22(27)25(19-14-8-3-9-15-19)23(28)24(21)18-12-6-2-7-13-18;25-20-19(16-10-4-1-5-11-16)21(26)24(18-14-8-3-9-15-18)22(27)23(20)17-12-6-2-7-13-17/h2-14,22H,15-16H2,1H3;1-2,4-7,10-13,20-21H,3,8-9,14-17H2;2*1-2,4-7,10-13,19-20H,3,8-9,14-16H2;1-2,4-7,10-13,18-19H,3,8-9,14-15H2. The Balaban J connectivity index is 0.000000131. The van der Waals surface area contributed by atoms with Gasteiger partial charge in [0.2, 0.25) is 53.2 Å². The predicted octanol–water partition coefficient (Wildman–Crippen LogP) is 21.9. The molecule has 4 saturated carbocycles. The lowest BCUT2D eigenvalue weighted by Crippen LogP contribution is -2.63. The van der Waals surface area contributed by atoms with Gasteiger partial charge in [0.15, 0.2) is 0 Å². The van der Waals surface area contributed by atoms with Gasteiger partial charge in [-0.05, 0) is 171 Å². The molecular weight excluding hydrogens is 1850 g/mol. The average Bonchev–Trinajstić information content (AvgIpc) is 0.758. The van der Waals surface area contributed by atoms with Gasteiger partial charge in [-0.15, -0.1) is 0 Å². The van der Waals surface area contributed by atoms with Gasteiger partial charge in [0.05, 0.1) is 35.7 Å². The predicted molar refractivity (Wildman–Crippen MR) is 544 cm³/mol. The molecule has 5 saturated heterocycles. The van der Waals surface area contributed by atoms with E-state index in [4.69, 9.17) is 0 Å². The fourth-order valence-corrected chi connectivity index (χ4v) is 20.8. The van der Waals surface area contributed by atoms with Crippen LogP contribution in [0.1, 0.15) is 202 Å². The van der Waals surface area contributed by atoms with Crippen molar-refractivity contribution in [3.05, 3.63) is 377 Å². The van der Waals surface area contributed by atoms with Crippen molar-refractivity contribution in [3.8, 4) is 0 Å². The molecule has 11 aromatic rings. The molecule has 5 heterocycles. The number of alkyl halides is 3. The second-order valence-electron chi connectivity index (χ2n) is 38.2. The van der Waals surface area contributed by atoms with Crippen LogP contribution in [-0.4, -0.2) is 154 Å². The summed E-state index contributed by atoms with van der Waals surface area (Å²) in [5.41, 5.74) is 7.40. The number of nitrogens with zero attached hydrogens (tertiary/aromatic N) is 10. The molecule has 28 heteroatoms. The molecule has 5 aliphatic heterocycles. The highest BCUT2D eigenvalue weighted by molar-refractivity contribution is 6.31. The number of benzene rings is 11. The number of carbonyl (C=O) groups is 15. The normalized spacial score (nSPS) is 20.2. The smallest absolute Gasteiger partial charge is 0.273 e. The number of hydrogen-bond acceptors (Lipinski definition) is 15. The van der Waals surface area contributed by atoms with Crippen molar-refractivity contribution in [1.29, 1.82) is 0 Å². The van der Waals surface area contributed by atoms with Crippen molar-refractivity contribution in [2.75, 3.05) is 21.2 Å². The first-order valence-electron chi connectivity index (χ1n) is 50.4. The van der Waals surface area contributed by atoms with E-state index in [1.807, 2.05) is 189 Å². The van der Waals surface area contributed by atoms with E-state index in [0.717, 1.165) is 178 Å². The molecule has 5 unspecified atom stereocenters. The number of para-hydroxylation sites is 3. The maximum atomic E-state index is 13.3. The third kappa shape index (κ3) is 23.8. The quantitative estimate of drug-likeness (QED) is 0.0604. The summed E-state index contributed by atoms with van der Waals surface area (Å²) in [4.78, 5) is 211. The largest absolute Gasteiger partial charge is 0.416 e. The lowest BCUT2D eigenvalue weighted by Gasteiger charge is -2.42. The molecule has 0 spiro atoms. The van der Waals surface area contributed by atoms with E-state index in [2.05, 4.69) is 0 Å². The van der Waals surface area contributed by atoms with Crippen molar-refractivity contribution in [2.24, 2.45) is 11.8 Å². The molecule has 0 aromatic heterocycles. The van der Waals surface area contributed by atoms with Crippen LogP contribution < -0.4 is 14.7 Å². The zero-order valence-electron chi connectivity index (χ0n) is 81.4. The number of amides is 20. The maximum absolute atomic E-state index is 13.3. The molecular formula is C118H117F3N10O15. The number of rotatable bonds is 21. The Morgan fingerprint density at radius 1 is 0.240 bits per heavy atom. The average molecular weight is 1970 g/mol. The Hall–Kier alpha value is -15.7. The Labute approximate surface area is 846 Å². The van der Waals surface area contributed by atoms with E-state index in [0.29, 0.717) is 52.2 Å². The molecule has 11 aromatic carbocycles. The highest BCUT2D eigenvalue weighted by atomic mass is 19.4. The first kappa shape index (κ1) is 103. The van der Waals surface area contributed by atoms with Gasteiger partial charge in [-0.3, -0.25) is 82.2 Å². The van der Waals surface area contributed by atoms with Gasteiger partial charge in [-0.1, -0.05) is 356 Å². The van der Waals surface area contributed by atoms with Gasteiger partial charge >= 0.3 is 36.3 Å². The van der Waals surface area contributed by atoms with Gasteiger partial charge < -0.3 is 0 Å². The first-order valence-corrected chi connectivity index (χ1v) is 50.4. The number of halogens is 3. The molecule has 25 nitrogen and oxygen atoms in total. The molecule has 750 valence electrons. The molecule has 20 amide bonds. The molecule has 9 aliphatic rings. The number of aryl methyl sites for hydroxylation is 1. The van der Waals surface area contributed by atoms with Crippen LogP contribution in [0.5, 0.6) is 0 Å². The molecule has 5 atom stereocenters. The van der Waals surface area contributed by atoms with Crippen LogP contribution in [0.15, 0.2) is 322 Å². The fraction of sp³-hybridized carbons (Fsp3) is 0.314. The zero-order valence-corrected chi connectivity index (χ0v) is 81.4. The minimum Gasteiger partial charge on any atom is -0.273 e. The van der Waals surface area contributed by atoms with Crippen molar-refractivity contribution in [3.63, 3.8) is 0 Å². The summed E-state index contributed by atoms with van der Waals surface area (Å²) in [6, 6.07) is 90.3. The Kier molecular flexibility index (Phi) is 34.0. The first-order chi connectivity index (χ1) is 70.8. The van der Waals surface area contributed by atoms with E-state index in [1.54, 1.807) is 115 Å². The summed E-state index contributed by atoms with van der Waals surface area (Å²) in [6.45, 7) is 2.12. The van der Waals surface area contributed by atoms with Gasteiger partial charge in [-0.25, -0.2) is 38.7 Å². The topological polar surface area (TPSA) is 288 Å². The minimum absolute atomic E-state index is 0.0953. The Morgan fingerprint density at radius 3 is 0.877 bits per heavy atom. The van der Waals surface area contributed by atoms with E-state index >= 15 is 0 Å². The number of barbiturate groups is 5. The summed E-state index contributed by atoms with van der Waals surface area (Å²) in [5, 5.41) is 0. The van der Waals surface area contributed by atoms with Crippen molar-refractivity contribution in [2.45, 2.75) is 216 Å². The number of hydrogen-bond donors (Lipinski definition) is 0. The summed E-state index contributed by atoms with van der Waals surface area (Å²) in [5.74, 6) is -9.44. The van der Waals surface area contributed by atoms with Crippen LogP contribution in [-0.2, 0) is 86.5 Å². The minimum atomic E-state index is -4.50. The summed E-state index contributed by atoms with van der Waals surface area (Å²) < 4.78 is 38.7. The Bertz CT molecular complexity index is 6250. The molecule has 9 fully saturated rings. The summed E-state index contributed by atoms with van der Waals surface area (Å²) >= 11 is 0. The molecule has 20 rings (SSSR count). The Morgan fingerprint density at radius 2 is 0.507 bits per heavy atom. The van der Waals surface area contributed by atoms with Crippen molar-refractivity contribution in [1.82, 2.24) is 34.3 Å². The monoisotopic (exact) mass is 1970 g/mol. The SMILES string of the molecule is Cc1ccc(CC2C(=O)N(Cc3ccc(C(F)(F)F)cc3)C(=O)N(c3ccccc3)C2=O)cc1.O=C1C(Cc2ccccc2)C(=O)N(C2CCCCC2)C(=O)N1c1ccccc1.O=C1C(c2ccccc2)C(=O)N(C2CCCCC2)C(=O)N1CCc1ccccc1.O=C1C(c2ccccc2)C(=O)N(C2CCCCC2)C(=O)N1Cc1ccccc1.O=C1C(c2ccccc2)C(=O)N(C2CCCCC2)C(=O)N1c1ccccc1. The van der Waals surface area contributed by atoms with E-state index in [9.17, 15) is 85.1 Å². The molecule has 146 heavy (non-hydrogen) atoms. The second-order valence-corrected chi connectivity index (χ2v) is 38.2. The lowest BCUT2D eigenvalue weighted by molar-refractivity contribution is -0.149. The number of imide groups is 10. The van der Waals surface area contributed by atoms with Gasteiger partial charge in [-0.2, -0.15) is 13.2 Å². The molecule has 0 bridgehead atoms. The van der Waals surface area contributed by atoms with Crippen molar-refractivity contribution >= 4 is 106 Å². The van der Waals surface area contributed by atoms with Crippen LogP contribution in [0, 0.1) is 18.8 Å². The van der Waals surface area contributed by atoms with Crippen LogP contribution in [0.25, 0.3) is 0 Å². The molecule has 4 aliphatic carbocycles. The molecule has 0 radical (unpaired) electrons. The van der Waals surface area contributed by atoms with Crippen LogP contribution in [0.4, 0.5) is 54.2 Å². The fourth-order valence-electron chi connectivity index (χ4n) is 20.8. The van der Waals surface area contributed by atoms with Crippen LogP contribution in [0.2, 0.25) is 0 Å². The van der Waals surface area contributed by atoms with E-state index in [1.165, 1.54) is 51.3 Å². The number of urea groups is 5. The van der Waals surface area contributed by atoms with E-state index in [-0.39, 0.29) is 67.9 Å². The van der Waals surface area contributed by atoms with Crippen LogP contribution in [0.3, 0.4) is 0 Å². The highest BCUT2D eigenvalue weighted by Crippen LogP contribution is 2.41. The van der Waals surface area contributed by atoms with Gasteiger partial charge in [0, 0.05) is 30.7 Å². The van der Waals surface area contributed by atoms with E-state index < -0.39 is 113 Å².